The fourth-order valence-corrected chi connectivity index (χ4v) is 4.25. The average molecular weight is 476 g/mol. The maximum absolute atomic E-state index is 11.8. The molecule has 0 amide bonds. The molecule has 5 rings (SSSR count). The molecule has 4 heterocycles. The lowest BCUT2D eigenvalue weighted by Crippen LogP contribution is -2.05. The predicted molar refractivity (Wildman–Crippen MR) is 128 cm³/mol. The smallest absolute Gasteiger partial charge is 0.223 e. The highest BCUT2D eigenvalue weighted by molar-refractivity contribution is 7.90. The van der Waals surface area contributed by atoms with E-state index < -0.39 is 9.84 Å². The number of aromatic nitrogens is 7. The summed E-state index contributed by atoms with van der Waals surface area (Å²) in [5, 5.41) is 7.60. The lowest BCUT2D eigenvalue weighted by molar-refractivity contribution is 0.602. The first-order valence-corrected chi connectivity index (χ1v) is 12.1. The van der Waals surface area contributed by atoms with Crippen molar-refractivity contribution in [2.45, 2.75) is 11.8 Å². The molecular weight excluding hydrogens is 454 g/mol. The predicted octanol–water partition coefficient (Wildman–Crippen LogP) is 2.62. The zero-order valence-corrected chi connectivity index (χ0v) is 19.4. The van der Waals surface area contributed by atoms with Gasteiger partial charge < -0.3 is 11.1 Å². The van der Waals surface area contributed by atoms with Crippen LogP contribution in [0.5, 0.6) is 0 Å². The number of aryl methyl sites for hydroxylation is 2. The number of nitrogens with one attached hydrogen (secondary N) is 1. The van der Waals surface area contributed by atoms with Crippen LogP contribution >= 0.6 is 0 Å². The van der Waals surface area contributed by atoms with Crippen molar-refractivity contribution in [2.75, 3.05) is 17.3 Å². The Morgan fingerprint density at radius 1 is 0.941 bits per heavy atom. The van der Waals surface area contributed by atoms with Crippen LogP contribution in [-0.2, 0) is 16.9 Å². The minimum absolute atomic E-state index is 0.105. The molecule has 0 radical (unpaired) electrons. The van der Waals surface area contributed by atoms with Crippen LogP contribution in [0.1, 0.15) is 5.82 Å². The Labute approximate surface area is 195 Å². The number of fused-ring (bicyclic) bond motifs is 1. The minimum atomic E-state index is -3.28. The number of rotatable bonds is 5. The molecule has 0 saturated heterocycles. The van der Waals surface area contributed by atoms with Crippen LogP contribution in [0.15, 0.2) is 59.8 Å². The van der Waals surface area contributed by atoms with Crippen molar-refractivity contribution in [3.8, 4) is 22.6 Å². The number of hydrogen-bond acceptors (Lipinski definition) is 9. The molecule has 172 valence electrons. The van der Waals surface area contributed by atoms with E-state index in [-0.39, 0.29) is 10.8 Å². The van der Waals surface area contributed by atoms with Gasteiger partial charge in [0.2, 0.25) is 5.95 Å². The van der Waals surface area contributed by atoms with Gasteiger partial charge in [0.1, 0.15) is 17.2 Å². The Balaban J connectivity index is 1.68. The van der Waals surface area contributed by atoms with E-state index in [9.17, 15) is 8.42 Å². The zero-order valence-electron chi connectivity index (χ0n) is 18.6. The number of pyridine rings is 1. The van der Waals surface area contributed by atoms with E-state index in [1.807, 2.05) is 42.0 Å². The van der Waals surface area contributed by atoms with Gasteiger partial charge in [0.25, 0.3) is 0 Å². The molecule has 0 aliphatic heterocycles. The molecule has 0 unspecified atom stereocenters. The van der Waals surface area contributed by atoms with E-state index in [0.29, 0.717) is 34.6 Å². The van der Waals surface area contributed by atoms with Crippen molar-refractivity contribution in [3.63, 3.8) is 0 Å². The molecule has 0 aliphatic carbocycles. The van der Waals surface area contributed by atoms with Crippen LogP contribution in [-0.4, -0.2) is 48.8 Å². The molecular formula is C22H21N9O2S. The molecule has 1 aromatic carbocycles. The zero-order chi connectivity index (χ0) is 24.0. The van der Waals surface area contributed by atoms with Gasteiger partial charge in [-0.2, -0.15) is 15.1 Å². The third-order valence-corrected chi connectivity index (χ3v) is 6.30. The van der Waals surface area contributed by atoms with Crippen molar-refractivity contribution in [1.29, 1.82) is 0 Å². The number of anilines is 3. The normalized spacial score (nSPS) is 11.7. The molecule has 12 heteroatoms. The Morgan fingerprint density at radius 3 is 2.32 bits per heavy atom. The number of nitrogens with two attached hydrogens (primary N) is 1. The lowest BCUT2D eigenvalue weighted by Gasteiger charge is -2.08. The van der Waals surface area contributed by atoms with E-state index >= 15 is 0 Å². The number of nitrogens with zero attached hydrogens (tertiary/aromatic N) is 7. The Bertz CT molecular complexity index is 1620. The van der Waals surface area contributed by atoms with Gasteiger partial charge in [-0.05, 0) is 42.3 Å². The van der Waals surface area contributed by atoms with Gasteiger partial charge in [0.15, 0.2) is 27.3 Å². The minimum Gasteiger partial charge on any atom is -0.368 e. The maximum Gasteiger partial charge on any atom is 0.223 e. The number of nitrogen functional groups attached to an aromatic ring is 1. The SMILES string of the molecule is Cc1nc(N)nc(-c2c(Nc3ccn(C)n3)nc3ccc(-c4ccc(S(C)(=O)=O)cc4)cn23)n1. The van der Waals surface area contributed by atoms with Crippen LogP contribution in [0.2, 0.25) is 0 Å². The summed E-state index contributed by atoms with van der Waals surface area (Å²) in [6.07, 6.45) is 4.90. The van der Waals surface area contributed by atoms with Crippen LogP contribution < -0.4 is 11.1 Å². The first kappa shape index (κ1) is 21.5. The third kappa shape index (κ3) is 4.06. The Hall–Kier alpha value is -4.32. The molecule has 5 aromatic rings. The van der Waals surface area contributed by atoms with Crippen LogP contribution in [0, 0.1) is 6.92 Å². The van der Waals surface area contributed by atoms with E-state index in [4.69, 9.17) is 10.7 Å². The molecule has 11 nitrogen and oxygen atoms in total. The number of hydrogen-bond donors (Lipinski definition) is 2. The molecule has 34 heavy (non-hydrogen) atoms. The summed E-state index contributed by atoms with van der Waals surface area (Å²) in [6.45, 7) is 1.74. The van der Waals surface area contributed by atoms with Gasteiger partial charge in [-0.25, -0.2) is 18.4 Å². The van der Waals surface area contributed by atoms with Gasteiger partial charge >= 0.3 is 0 Å². The largest absolute Gasteiger partial charge is 0.368 e. The van der Waals surface area contributed by atoms with Crippen molar-refractivity contribution < 1.29 is 8.42 Å². The maximum atomic E-state index is 11.8. The van der Waals surface area contributed by atoms with Crippen molar-refractivity contribution in [3.05, 3.63) is 60.7 Å². The second-order valence-corrected chi connectivity index (χ2v) is 9.83. The van der Waals surface area contributed by atoms with Gasteiger partial charge in [-0.15, -0.1) is 0 Å². The molecule has 0 spiro atoms. The van der Waals surface area contributed by atoms with Crippen molar-refractivity contribution in [1.82, 2.24) is 34.1 Å². The molecule has 3 N–H and O–H groups in total. The number of imidazole rings is 1. The highest BCUT2D eigenvalue weighted by atomic mass is 32.2. The monoisotopic (exact) mass is 475 g/mol. The van der Waals surface area contributed by atoms with E-state index in [1.165, 1.54) is 6.26 Å². The first-order valence-electron chi connectivity index (χ1n) is 10.3. The number of sulfone groups is 1. The van der Waals surface area contributed by atoms with Gasteiger partial charge in [-0.1, -0.05) is 12.1 Å². The van der Waals surface area contributed by atoms with E-state index in [1.54, 1.807) is 35.9 Å². The molecule has 0 saturated carbocycles. The molecule has 0 atom stereocenters. The second-order valence-electron chi connectivity index (χ2n) is 7.82. The first-order chi connectivity index (χ1) is 16.2. The summed E-state index contributed by atoms with van der Waals surface area (Å²) in [7, 11) is -1.45. The van der Waals surface area contributed by atoms with Crippen LogP contribution in [0.3, 0.4) is 0 Å². The fraction of sp³-hybridized carbons (Fsp3) is 0.136. The Kier molecular flexibility index (Phi) is 5.01. The van der Waals surface area contributed by atoms with Crippen molar-refractivity contribution in [2.24, 2.45) is 7.05 Å². The van der Waals surface area contributed by atoms with Crippen LogP contribution in [0.4, 0.5) is 17.6 Å². The summed E-state index contributed by atoms with van der Waals surface area (Å²) in [6, 6.07) is 12.3. The standard InChI is InChI=1S/C22H21N9O2S/c1-13-24-20(28-22(23)25-13)19-21(26-17-10-11-30(2)29-17)27-18-9-6-15(12-31(18)19)14-4-7-16(8-5-14)34(3,32)33/h4-12H,1-3H3,(H,26,29)(H2,23,24,25,28). The fourth-order valence-electron chi connectivity index (χ4n) is 3.62. The van der Waals surface area contributed by atoms with E-state index in [2.05, 4.69) is 25.4 Å². The second kappa shape index (κ2) is 7.92. The molecule has 0 bridgehead atoms. The van der Waals surface area contributed by atoms with E-state index in [0.717, 1.165) is 11.1 Å². The van der Waals surface area contributed by atoms with Gasteiger partial charge in [0.05, 0.1) is 4.90 Å². The average Bonchev–Trinajstić information content (AvgIpc) is 3.34. The lowest BCUT2D eigenvalue weighted by atomic mass is 10.1. The molecule has 0 aliphatic rings. The summed E-state index contributed by atoms with van der Waals surface area (Å²) < 4.78 is 27.2. The third-order valence-electron chi connectivity index (χ3n) is 5.17. The highest BCUT2D eigenvalue weighted by Crippen LogP contribution is 2.31. The summed E-state index contributed by atoms with van der Waals surface area (Å²) >= 11 is 0. The van der Waals surface area contributed by atoms with Gasteiger partial charge in [-0.3, -0.25) is 9.08 Å². The molecule has 0 fully saturated rings. The highest BCUT2D eigenvalue weighted by Gasteiger charge is 2.20. The topological polar surface area (TPSA) is 146 Å². The van der Waals surface area contributed by atoms with Gasteiger partial charge in [0, 0.05) is 31.8 Å². The summed E-state index contributed by atoms with van der Waals surface area (Å²) in [5.74, 6) is 2.07. The number of benzene rings is 1. The summed E-state index contributed by atoms with van der Waals surface area (Å²) in [4.78, 5) is 17.9. The van der Waals surface area contributed by atoms with Crippen molar-refractivity contribution >= 4 is 33.1 Å². The quantitative estimate of drug-likeness (QED) is 0.391. The van der Waals surface area contributed by atoms with Crippen LogP contribution in [0.25, 0.3) is 28.3 Å². The summed E-state index contributed by atoms with van der Waals surface area (Å²) in [5.41, 5.74) is 8.86. The Morgan fingerprint density at radius 2 is 1.68 bits per heavy atom. The molecule has 4 aromatic heterocycles.